The molecule has 4 heteroatoms. The Kier molecular flexibility index (Phi) is 6.48. The van der Waals surface area contributed by atoms with E-state index in [1.54, 1.807) is 30.3 Å². The summed E-state index contributed by atoms with van der Waals surface area (Å²) in [6.45, 7) is 0.207. The summed E-state index contributed by atoms with van der Waals surface area (Å²) in [5, 5.41) is 0. The van der Waals surface area contributed by atoms with Gasteiger partial charge in [0.2, 0.25) is 0 Å². The zero-order chi connectivity index (χ0) is 16.5. The Morgan fingerprint density at radius 3 is 2.09 bits per heavy atom. The van der Waals surface area contributed by atoms with Crippen LogP contribution in [0.4, 0.5) is 8.78 Å². The number of halogens is 2. The molecule has 0 amide bonds. The summed E-state index contributed by atoms with van der Waals surface area (Å²) in [5.41, 5.74) is 1.38. The first-order valence-corrected chi connectivity index (χ1v) is 7.46. The molecule has 120 valence electrons. The third-order valence-electron chi connectivity index (χ3n) is 3.40. The van der Waals surface area contributed by atoms with Crippen LogP contribution in [0.25, 0.3) is 5.57 Å². The molecule has 2 aromatic carbocycles. The summed E-state index contributed by atoms with van der Waals surface area (Å²) in [6.07, 6.45) is -1.10. The molecular formula is C19H18F2O2. The topological polar surface area (TPSA) is 26.3 Å². The van der Waals surface area contributed by atoms with E-state index < -0.39 is 6.08 Å². The van der Waals surface area contributed by atoms with E-state index in [2.05, 4.69) is 0 Å². The smallest absolute Gasteiger partial charge is 0.306 e. The van der Waals surface area contributed by atoms with Crippen LogP contribution in [-0.2, 0) is 16.1 Å². The third-order valence-corrected chi connectivity index (χ3v) is 3.40. The van der Waals surface area contributed by atoms with Gasteiger partial charge in [-0.1, -0.05) is 60.7 Å². The second-order valence-electron chi connectivity index (χ2n) is 5.10. The van der Waals surface area contributed by atoms with Crippen LogP contribution in [0, 0.1) is 0 Å². The number of carbonyl (C=O) groups is 1. The Labute approximate surface area is 134 Å². The van der Waals surface area contributed by atoms with Gasteiger partial charge in [-0.05, 0) is 24.0 Å². The van der Waals surface area contributed by atoms with Gasteiger partial charge in [0, 0.05) is 12.0 Å². The number of benzene rings is 2. The fourth-order valence-electron chi connectivity index (χ4n) is 2.21. The van der Waals surface area contributed by atoms with Crippen molar-refractivity contribution in [2.45, 2.75) is 25.9 Å². The lowest BCUT2D eigenvalue weighted by Crippen LogP contribution is -2.04. The van der Waals surface area contributed by atoms with Crippen molar-refractivity contribution in [2.24, 2.45) is 0 Å². The third kappa shape index (κ3) is 5.66. The molecule has 0 atom stereocenters. The molecule has 0 aliphatic heterocycles. The summed E-state index contributed by atoms with van der Waals surface area (Å²) in [6, 6.07) is 17.8. The Morgan fingerprint density at radius 1 is 0.870 bits per heavy atom. The van der Waals surface area contributed by atoms with Crippen LogP contribution in [-0.4, -0.2) is 5.97 Å². The van der Waals surface area contributed by atoms with Gasteiger partial charge in [0.05, 0.1) is 0 Å². The number of carbonyl (C=O) groups excluding carboxylic acids is 1. The molecule has 0 heterocycles. The SMILES string of the molecule is O=C(CCCC(=C(F)F)c1ccccc1)OCc1ccccc1. The van der Waals surface area contributed by atoms with Crippen molar-refractivity contribution < 1.29 is 18.3 Å². The predicted molar refractivity (Wildman–Crippen MR) is 85.7 cm³/mol. The zero-order valence-electron chi connectivity index (χ0n) is 12.7. The van der Waals surface area contributed by atoms with E-state index in [0.717, 1.165) is 5.56 Å². The number of rotatable bonds is 7. The molecule has 0 saturated heterocycles. The number of allylic oxidation sites excluding steroid dienone is 1. The predicted octanol–water partition coefficient (Wildman–Crippen LogP) is 5.21. The summed E-state index contributed by atoms with van der Waals surface area (Å²) in [7, 11) is 0. The molecule has 0 aliphatic carbocycles. The monoisotopic (exact) mass is 316 g/mol. The number of hydrogen-bond donors (Lipinski definition) is 0. The Bertz CT molecular complexity index is 648. The molecule has 0 unspecified atom stereocenters. The highest BCUT2D eigenvalue weighted by Crippen LogP contribution is 2.26. The van der Waals surface area contributed by atoms with Gasteiger partial charge in [0.15, 0.2) is 0 Å². The fraction of sp³-hybridized carbons (Fsp3) is 0.211. The summed E-state index contributed by atoms with van der Waals surface area (Å²) in [4.78, 5) is 11.7. The van der Waals surface area contributed by atoms with Gasteiger partial charge in [-0.3, -0.25) is 4.79 Å². The van der Waals surface area contributed by atoms with Crippen LogP contribution < -0.4 is 0 Å². The van der Waals surface area contributed by atoms with E-state index in [1.165, 1.54) is 0 Å². The summed E-state index contributed by atoms with van der Waals surface area (Å²) >= 11 is 0. The van der Waals surface area contributed by atoms with Crippen molar-refractivity contribution >= 4 is 11.5 Å². The minimum absolute atomic E-state index is 0.0125. The minimum atomic E-state index is -1.70. The van der Waals surface area contributed by atoms with Gasteiger partial charge < -0.3 is 4.74 Å². The van der Waals surface area contributed by atoms with Crippen molar-refractivity contribution in [1.82, 2.24) is 0 Å². The number of hydrogen-bond acceptors (Lipinski definition) is 2. The highest BCUT2D eigenvalue weighted by molar-refractivity contribution is 5.70. The van der Waals surface area contributed by atoms with E-state index in [0.29, 0.717) is 12.0 Å². The maximum Gasteiger partial charge on any atom is 0.306 e. The standard InChI is InChI=1S/C19H18F2O2/c20-19(21)17(16-10-5-2-6-11-16)12-7-13-18(22)23-14-15-8-3-1-4-9-15/h1-6,8-11H,7,12-14H2. The van der Waals surface area contributed by atoms with Crippen LogP contribution in [0.3, 0.4) is 0 Å². The quantitative estimate of drug-likeness (QED) is 0.656. The van der Waals surface area contributed by atoms with Gasteiger partial charge in [0.25, 0.3) is 6.08 Å². The lowest BCUT2D eigenvalue weighted by Gasteiger charge is -2.07. The lowest BCUT2D eigenvalue weighted by molar-refractivity contribution is -0.145. The second-order valence-corrected chi connectivity index (χ2v) is 5.10. The molecule has 0 N–H and O–H groups in total. The van der Waals surface area contributed by atoms with Gasteiger partial charge in [0.1, 0.15) is 6.61 Å². The van der Waals surface area contributed by atoms with E-state index >= 15 is 0 Å². The number of ether oxygens (including phenoxy) is 1. The molecule has 0 radical (unpaired) electrons. The Balaban J connectivity index is 1.79. The second kappa shape index (κ2) is 8.83. The van der Waals surface area contributed by atoms with E-state index in [4.69, 9.17) is 4.74 Å². The fourth-order valence-corrected chi connectivity index (χ4v) is 2.21. The van der Waals surface area contributed by atoms with E-state index in [-0.39, 0.29) is 31.0 Å². The molecule has 0 saturated carbocycles. The van der Waals surface area contributed by atoms with Crippen molar-refractivity contribution in [3.8, 4) is 0 Å². The first-order valence-electron chi connectivity index (χ1n) is 7.46. The average Bonchev–Trinajstić information content (AvgIpc) is 2.58. The van der Waals surface area contributed by atoms with Gasteiger partial charge in [-0.2, -0.15) is 8.78 Å². The van der Waals surface area contributed by atoms with Gasteiger partial charge in [-0.15, -0.1) is 0 Å². The maximum atomic E-state index is 13.0. The molecule has 0 aromatic heterocycles. The van der Waals surface area contributed by atoms with Crippen molar-refractivity contribution in [3.05, 3.63) is 77.9 Å². The molecule has 2 nitrogen and oxygen atoms in total. The maximum absolute atomic E-state index is 13.0. The van der Waals surface area contributed by atoms with Gasteiger partial charge >= 0.3 is 5.97 Å². The molecular weight excluding hydrogens is 298 g/mol. The van der Waals surface area contributed by atoms with Crippen molar-refractivity contribution in [2.75, 3.05) is 0 Å². The molecule has 0 aliphatic rings. The molecule has 0 spiro atoms. The molecule has 0 bridgehead atoms. The lowest BCUT2D eigenvalue weighted by atomic mass is 10.0. The van der Waals surface area contributed by atoms with Crippen LogP contribution in [0.15, 0.2) is 66.7 Å². The van der Waals surface area contributed by atoms with Crippen LogP contribution in [0.5, 0.6) is 0 Å². The molecule has 2 aromatic rings. The minimum Gasteiger partial charge on any atom is -0.461 e. The van der Waals surface area contributed by atoms with Crippen LogP contribution in [0.2, 0.25) is 0 Å². The van der Waals surface area contributed by atoms with Crippen molar-refractivity contribution in [1.29, 1.82) is 0 Å². The summed E-state index contributed by atoms with van der Waals surface area (Å²) < 4.78 is 31.2. The Morgan fingerprint density at radius 2 is 1.48 bits per heavy atom. The van der Waals surface area contributed by atoms with Crippen molar-refractivity contribution in [3.63, 3.8) is 0 Å². The van der Waals surface area contributed by atoms with Crippen LogP contribution in [0.1, 0.15) is 30.4 Å². The first kappa shape index (κ1) is 16.9. The zero-order valence-corrected chi connectivity index (χ0v) is 12.7. The average molecular weight is 316 g/mol. The largest absolute Gasteiger partial charge is 0.461 e. The van der Waals surface area contributed by atoms with E-state index in [1.807, 2.05) is 30.3 Å². The molecule has 23 heavy (non-hydrogen) atoms. The first-order chi connectivity index (χ1) is 11.2. The molecule has 2 rings (SSSR count). The summed E-state index contributed by atoms with van der Waals surface area (Å²) in [5.74, 6) is -0.375. The number of esters is 1. The Hall–Kier alpha value is -2.49. The van der Waals surface area contributed by atoms with E-state index in [9.17, 15) is 13.6 Å². The van der Waals surface area contributed by atoms with Crippen LogP contribution >= 0.6 is 0 Å². The normalized spacial score (nSPS) is 10.2. The molecule has 0 fully saturated rings. The van der Waals surface area contributed by atoms with Gasteiger partial charge in [-0.25, -0.2) is 0 Å². The highest BCUT2D eigenvalue weighted by Gasteiger charge is 2.11. The highest BCUT2D eigenvalue weighted by atomic mass is 19.3.